The van der Waals surface area contributed by atoms with E-state index in [0.717, 1.165) is 5.52 Å². The van der Waals surface area contributed by atoms with E-state index in [9.17, 15) is 14.7 Å². The van der Waals surface area contributed by atoms with Crippen molar-refractivity contribution in [1.82, 2.24) is 4.40 Å². The van der Waals surface area contributed by atoms with Gasteiger partial charge in [-0.2, -0.15) is 0 Å². The van der Waals surface area contributed by atoms with Crippen LogP contribution in [-0.4, -0.2) is 21.3 Å². The zero-order valence-electron chi connectivity index (χ0n) is 10.3. The lowest BCUT2D eigenvalue weighted by molar-refractivity contribution is 0.0701. The van der Waals surface area contributed by atoms with Crippen molar-refractivity contribution in [2.24, 2.45) is 0 Å². The molecule has 0 spiro atoms. The SMILES string of the molecule is CC(=O)c1cccc2c1c(C(=O)O)c1ccccn12. The number of carboxylic acids is 1. The highest BCUT2D eigenvalue weighted by atomic mass is 16.4. The van der Waals surface area contributed by atoms with Crippen LogP contribution in [0.15, 0.2) is 42.6 Å². The van der Waals surface area contributed by atoms with E-state index in [0.29, 0.717) is 16.5 Å². The van der Waals surface area contributed by atoms with Crippen molar-refractivity contribution >= 4 is 28.2 Å². The van der Waals surface area contributed by atoms with Crippen LogP contribution in [0.5, 0.6) is 0 Å². The van der Waals surface area contributed by atoms with E-state index < -0.39 is 5.97 Å². The van der Waals surface area contributed by atoms with Crippen LogP contribution in [0.3, 0.4) is 0 Å². The third-order valence-corrected chi connectivity index (χ3v) is 3.26. The van der Waals surface area contributed by atoms with Gasteiger partial charge in [0.2, 0.25) is 0 Å². The predicted molar refractivity (Wildman–Crippen MR) is 71.9 cm³/mol. The van der Waals surface area contributed by atoms with E-state index in [2.05, 4.69) is 0 Å². The summed E-state index contributed by atoms with van der Waals surface area (Å²) in [5, 5.41) is 9.96. The van der Waals surface area contributed by atoms with Gasteiger partial charge in [-0.05, 0) is 25.1 Å². The van der Waals surface area contributed by atoms with Gasteiger partial charge in [-0.25, -0.2) is 4.79 Å². The maximum absolute atomic E-state index is 11.7. The van der Waals surface area contributed by atoms with Crippen LogP contribution in [0.25, 0.3) is 16.4 Å². The van der Waals surface area contributed by atoms with E-state index in [-0.39, 0.29) is 11.3 Å². The molecule has 0 fully saturated rings. The molecule has 0 bridgehead atoms. The average molecular weight is 253 g/mol. The Hall–Kier alpha value is -2.62. The lowest BCUT2D eigenvalue weighted by Crippen LogP contribution is -1.99. The fourth-order valence-electron chi connectivity index (χ4n) is 2.50. The number of carbonyl (C=O) groups is 2. The Bertz CT molecular complexity index is 830. The molecule has 3 rings (SSSR count). The molecule has 0 radical (unpaired) electrons. The van der Waals surface area contributed by atoms with Crippen molar-refractivity contribution in [1.29, 1.82) is 0 Å². The second-order valence-electron chi connectivity index (χ2n) is 4.39. The van der Waals surface area contributed by atoms with Crippen LogP contribution < -0.4 is 0 Å². The molecular formula is C15H11NO3. The van der Waals surface area contributed by atoms with Gasteiger partial charge in [-0.3, -0.25) is 4.79 Å². The Morgan fingerprint density at radius 3 is 2.47 bits per heavy atom. The quantitative estimate of drug-likeness (QED) is 0.714. The summed E-state index contributed by atoms with van der Waals surface area (Å²) < 4.78 is 1.80. The summed E-state index contributed by atoms with van der Waals surface area (Å²) in [7, 11) is 0. The van der Waals surface area contributed by atoms with E-state index in [1.165, 1.54) is 6.92 Å². The third-order valence-electron chi connectivity index (χ3n) is 3.26. The number of ketones is 1. The first kappa shape index (κ1) is 11.5. The Kier molecular flexibility index (Phi) is 2.38. The zero-order chi connectivity index (χ0) is 13.6. The number of benzene rings is 1. The second kappa shape index (κ2) is 3.95. The number of aromatic carboxylic acids is 1. The smallest absolute Gasteiger partial charge is 0.338 e. The van der Waals surface area contributed by atoms with Gasteiger partial charge >= 0.3 is 5.97 Å². The molecule has 1 N–H and O–H groups in total. The topological polar surface area (TPSA) is 58.8 Å². The standard InChI is InChI=1S/C15H11NO3/c1-9(17)10-5-4-7-11-13(10)14(15(18)19)12-6-2-3-8-16(11)12/h2-8H,1H3,(H,18,19). The monoisotopic (exact) mass is 253 g/mol. The summed E-state index contributed by atoms with van der Waals surface area (Å²) in [5.74, 6) is -1.16. The summed E-state index contributed by atoms with van der Waals surface area (Å²) in [5.41, 5.74) is 1.96. The van der Waals surface area contributed by atoms with E-state index >= 15 is 0 Å². The predicted octanol–water partition coefficient (Wildman–Crippen LogP) is 2.99. The van der Waals surface area contributed by atoms with Crippen molar-refractivity contribution in [2.75, 3.05) is 0 Å². The molecule has 0 saturated heterocycles. The molecule has 0 saturated carbocycles. The number of aromatic nitrogens is 1. The number of Topliss-reactive ketones (excluding diaryl/α,β-unsaturated/α-hetero) is 1. The van der Waals surface area contributed by atoms with Gasteiger partial charge in [-0.1, -0.05) is 18.2 Å². The Balaban J connectivity index is 2.65. The summed E-state index contributed by atoms with van der Waals surface area (Å²) in [6.45, 7) is 1.45. The van der Waals surface area contributed by atoms with Crippen molar-refractivity contribution in [3.8, 4) is 0 Å². The number of carbonyl (C=O) groups excluding carboxylic acids is 1. The molecule has 3 aromatic rings. The van der Waals surface area contributed by atoms with Crippen LogP contribution >= 0.6 is 0 Å². The number of nitrogens with zero attached hydrogens (tertiary/aromatic N) is 1. The molecular weight excluding hydrogens is 242 g/mol. The summed E-state index contributed by atoms with van der Waals surface area (Å²) >= 11 is 0. The summed E-state index contributed by atoms with van der Waals surface area (Å²) in [4.78, 5) is 23.2. The van der Waals surface area contributed by atoms with Crippen molar-refractivity contribution in [2.45, 2.75) is 6.92 Å². The average Bonchev–Trinajstić information content (AvgIpc) is 2.72. The molecule has 19 heavy (non-hydrogen) atoms. The number of rotatable bonds is 2. The highest BCUT2D eigenvalue weighted by molar-refractivity contribution is 6.18. The minimum absolute atomic E-state index is 0.135. The molecule has 94 valence electrons. The molecule has 0 aliphatic rings. The van der Waals surface area contributed by atoms with Crippen molar-refractivity contribution in [3.63, 3.8) is 0 Å². The third kappa shape index (κ3) is 1.53. The van der Waals surface area contributed by atoms with Gasteiger partial charge < -0.3 is 9.51 Å². The molecule has 0 aliphatic carbocycles. The summed E-state index contributed by atoms with van der Waals surface area (Å²) in [6.07, 6.45) is 1.80. The highest BCUT2D eigenvalue weighted by Crippen LogP contribution is 2.29. The van der Waals surface area contributed by atoms with Crippen molar-refractivity contribution < 1.29 is 14.7 Å². The molecule has 2 aromatic heterocycles. The highest BCUT2D eigenvalue weighted by Gasteiger charge is 2.20. The van der Waals surface area contributed by atoms with E-state index in [1.807, 2.05) is 12.1 Å². The molecule has 4 heteroatoms. The lowest BCUT2D eigenvalue weighted by atomic mass is 10.0. The zero-order valence-corrected chi connectivity index (χ0v) is 10.3. The first-order valence-corrected chi connectivity index (χ1v) is 5.87. The minimum Gasteiger partial charge on any atom is -0.478 e. The molecule has 0 unspecified atom stereocenters. The first-order chi connectivity index (χ1) is 9.11. The van der Waals surface area contributed by atoms with Gasteiger partial charge in [0.15, 0.2) is 5.78 Å². The van der Waals surface area contributed by atoms with Crippen LogP contribution in [0.4, 0.5) is 0 Å². The maximum atomic E-state index is 11.7. The van der Waals surface area contributed by atoms with Crippen LogP contribution in [-0.2, 0) is 0 Å². The molecule has 0 amide bonds. The van der Waals surface area contributed by atoms with Gasteiger partial charge in [0.1, 0.15) is 0 Å². The molecule has 4 nitrogen and oxygen atoms in total. The largest absolute Gasteiger partial charge is 0.478 e. The summed E-state index contributed by atoms with van der Waals surface area (Å²) in [6, 6.07) is 10.6. The van der Waals surface area contributed by atoms with Crippen LogP contribution in [0, 0.1) is 0 Å². The Morgan fingerprint density at radius 2 is 1.79 bits per heavy atom. The molecule has 1 aromatic carbocycles. The molecule has 0 atom stereocenters. The fourth-order valence-corrected chi connectivity index (χ4v) is 2.50. The van der Waals surface area contributed by atoms with Gasteiger partial charge in [0.25, 0.3) is 0 Å². The first-order valence-electron chi connectivity index (χ1n) is 5.87. The Labute approximate surface area is 108 Å². The molecule has 2 heterocycles. The fraction of sp³-hybridized carbons (Fsp3) is 0.0667. The van der Waals surface area contributed by atoms with Gasteiger partial charge in [0, 0.05) is 17.1 Å². The number of hydrogen-bond donors (Lipinski definition) is 1. The van der Waals surface area contributed by atoms with E-state index in [1.54, 1.807) is 34.9 Å². The van der Waals surface area contributed by atoms with Gasteiger partial charge in [0.05, 0.1) is 16.6 Å². The van der Waals surface area contributed by atoms with Crippen LogP contribution in [0.1, 0.15) is 27.6 Å². The molecule has 0 aliphatic heterocycles. The number of hydrogen-bond acceptors (Lipinski definition) is 2. The van der Waals surface area contributed by atoms with Crippen LogP contribution in [0.2, 0.25) is 0 Å². The normalized spacial score (nSPS) is 11.0. The lowest BCUT2D eigenvalue weighted by Gasteiger charge is -2.00. The minimum atomic E-state index is -1.02. The van der Waals surface area contributed by atoms with E-state index in [4.69, 9.17) is 0 Å². The number of carboxylic acid groups (broad SMARTS) is 1. The Morgan fingerprint density at radius 1 is 1.05 bits per heavy atom. The maximum Gasteiger partial charge on any atom is 0.338 e. The second-order valence-corrected chi connectivity index (χ2v) is 4.39. The van der Waals surface area contributed by atoms with Crippen molar-refractivity contribution in [3.05, 3.63) is 53.7 Å². The number of fused-ring (bicyclic) bond motifs is 3. The number of pyridine rings is 1. The van der Waals surface area contributed by atoms with Gasteiger partial charge in [-0.15, -0.1) is 0 Å².